The summed E-state index contributed by atoms with van der Waals surface area (Å²) in [6, 6.07) is 0. The fourth-order valence-electron chi connectivity index (χ4n) is 0. The molecule has 0 atom stereocenters. The summed E-state index contributed by atoms with van der Waals surface area (Å²) in [7, 11) is -2.40. The molecule has 0 unspecified atom stereocenters. The van der Waals surface area contributed by atoms with Crippen LogP contribution in [0, 0.1) is 0 Å². The van der Waals surface area contributed by atoms with E-state index in [1.54, 1.807) is 0 Å². The molecule has 0 spiro atoms. The fraction of sp³-hybridized carbons (Fsp3) is 0.333. The van der Waals surface area contributed by atoms with Crippen LogP contribution in [0.25, 0.3) is 0 Å². The van der Waals surface area contributed by atoms with Crippen molar-refractivity contribution in [2.45, 2.75) is 6.92 Å². The number of allylic oxidation sites excluding steroid dienone is 1. The molecule has 3 heteroatoms. The molecule has 0 aliphatic carbocycles. The SMILES string of the molecule is C=C(C)[Si](=O)O. The zero-order valence-corrected chi connectivity index (χ0v) is 4.56. The molecule has 0 aliphatic rings. The van der Waals surface area contributed by atoms with Gasteiger partial charge in [-0.2, -0.15) is 0 Å². The van der Waals surface area contributed by atoms with Gasteiger partial charge in [0, 0.05) is 5.20 Å². The molecule has 0 heterocycles. The summed E-state index contributed by atoms with van der Waals surface area (Å²) in [5, 5.41) is 0.361. The minimum absolute atomic E-state index is 0.361. The lowest BCUT2D eigenvalue weighted by Crippen LogP contribution is -1.96. The first kappa shape index (κ1) is 5.56. The Morgan fingerprint density at radius 3 is 2.17 bits per heavy atom. The van der Waals surface area contributed by atoms with E-state index < -0.39 is 8.93 Å². The van der Waals surface area contributed by atoms with Crippen molar-refractivity contribution < 1.29 is 9.26 Å². The highest BCUT2D eigenvalue weighted by molar-refractivity contribution is 6.42. The average Bonchev–Trinajstić information content (AvgIpc) is 1.36. The minimum atomic E-state index is -2.40. The van der Waals surface area contributed by atoms with Crippen molar-refractivity contribution in [2.24, 2.45) is 0 Å². The monoisotopic (exact) mass is 102 g/mol. The molecular weight excluding hydrogens is 96.1 g/mol. The van der Waals surface area contributed by atoms with E-state index in [1.165, 1.54) is 6.92 Å². The minimum Gasteiger partial charge on any atom is -0.537 e. The largest absolute Gasteiger partial charge is 0.537 e. The Balaban J connectivity index is 3.57. The molecular formula is C3H6O2Si. The Bertz CT molecular complexity index is 74.8. The normalized spacial score (nSPS) is 7.50. The van der Waals surface area contributed by atoms with Gasteiger partial charge < -0.3 is 9.26 Å². The maximum Gasteiger partial charge on any atom is 0.532 e. The third-order valence-corrected chi connectivity index (χ3v) is 1.10. The van der Waals surface area contributed by atoms with Crippen LogP contribution in [0.5, 0.6) is 0 Å². The number of rotatable bonds is 1. The zero-order chi connectivity index (χ0) is 5.15. The smallest absolute Gasteiger partial charge is 0.532 e. The van der Waals surface area contributed by atoms with Crippen LogP contribution < -0.4 is 0 Å². The summed E-state index contributed by atoms with van der Waals surface area (Å²) in [6.45, 7) is 4.77. The topological polar surface area (TPSA) is 37.3 Å². The van der Waals surface area contributed by atoms with E-state index >= 15 is 0 Å². The van der Waals surface area contributed by atoms with Crippen LogP contribution >= 0.6 is 0 Å². The van der Waals surface area contributed by atoms with Crippen molar-refractivity contribution in [3.05, 3.63) is 11.8 Å². The average molecular weight is 102 g/mol. The third kappa shape index (κ3) is 1.84. The first-order valence-corrected chi connectivity index (χ1v) is 2.89. The molecule has 0 saturated heterocycles. The van der Waals surface area contributed by atoms with E-state index in [4.69, 9.17) is 4.80 Å². The van der Waals surface area contributed by atoms with Crippen molar-refractivity contribution >= 4 is 8.93 Å². The van der Waals surface area contributed by atoms with Crippen LogP contribution in [0.2, 0.25) is 0 Å². The zero-order valence-electron chi connectivity index (χ0n) is 3.56. The summed E-state index contributed by atoms with van der Waals surface area (Å²) in [5.74, 6) is 0. The van der Waals surface area contributed by atoms with Crippen LogP contribution in [0.1, 0.15) is 6.92 Å². The molecule has 0 amide bonds. The molecule has 1 N–H and O–H groups in total. The molecule has 0 aliphatic heterocycles. The molecule has 0 aromatic carbocycles. The molecule has 0 fully saturated rings. The van der Waals surface area contributed by atoms with Crippen molar-refractivity contribution in [1.29, 1.82) is 0 Å². The van der Waals surface area contributed by atoms with E-state index in [0.29, 0.717) is 5.20 Å². The van der Waals surface area contributed by atoms with Gasteiger partial charge >= 0.3 is 8.93 Å². The first-order chi connectivity index (χ1) is 2.64. The van der Waals surface area contributed by atoms with Gasteiger partial charge in [0.1, 0.15) is 0 Å². The molecule has 0 rings (SSSR count). The van der Waals surface area contributed by atoms with Crippen LogP contribution in [-0.4, -0.2) is 13.7 Å². The first-order valence-electron chi connectivity index (χ1n) is 1.53. The maximum absolute atomic E-state index is 9.78. The standard InChI is InChI=1S/C3H6O2Si/c1-3(2)6(4)5/h4H,1H2,2H3. The van der Waals surface area contributed by atoms with Gasteiger partial charge in [0.2, 0.25) is 0 Å². The van der Waals surface area contributed by atoms with Gasteiger partial charge in [0.05, 0.1) is 0 Å². The fourth-order valence-corrected chi connectivity index (χ4v) is 0. The highest BCUT2D eigenvalue weighted by Gasteiger charge is 1.97. The lowest BCUT2D eigenvalue weighted by Gasteiger charge is -1.76. The Kier molecular flexibility index (Phi) is 1.73. The van der Waals surface area contributed by atoms with Crippen molar-refractivity contribution in [3.8, 4) is 0 Å². The van der Waals surface area contributed by atoms with E-state index in [-0.39, 0.29) is 0 Å². The number of hydrogen-bond donors (Lipinski definition) is 1. The molecule has 6 heavy (non-hydrogen) atoms. The molecule has 0 saturated carbocycles. The predicted octanol–water partition coefficient (Wildman–Crippen LogP) is 0.0127. The second-order valence-corrected chi connectivity index (χ2v) is 2.55. The summed E-state index contributed by atoms with van der Waals surface area (Å²) in [6.07, 6.45) is 0. The molecule has 0 radical (unpaired) electrons. The molecule has 2 nitrogen and oxygen atoms in total. The second kappa shape index (κ2) is 1.87. The van der Waals surface area contributed by atoms with Crippen LogP contribution in [-0.2, 0) is 4.46 Å². The van der Waals surface area contributed by atoms with E-state index in [0.717, 1.165) is 0 Å². The highest BCUT2D eigenvalue weighted by Crippen LogP contribution is 1.78. The molecule has 0 aromatic heterocycles. The quantitative estimate of drug-likeness (QED) is 0.474. The van der Waals surface area contributed by atoms with E-state index in [2.05, 4.69) is 6.58 Å². The molecule has 0 aromatic rings. The van der Waals surface area contributed by atoms with Gasteiger partial charge in [-0.15, -0.1) is 0 Å². The van der Waals surface area contributed by atoms with E-state index in [9.17, 15) is 4.46 Å². The summed E-state index contributed by atoms with van der Waals surface area (Å²) in [4.78, 5) is 8.08. The van der Waals surface area contributed by atoms with E-state index in [1.807, 2.05) is 0 Å². The van der Waals surface area contributed by atoms with Gasteiger partial charge in [-0.25, -0.2) is 0 Å². The van der Waals surface area contributed by atoms with Crippen molar-refractivity contribution in [1.82, 2.24) is 0 Å². The van der Waals surface area contributed by atoms with Crippen molar-refractivity contribution in [3.63, 3.8) is 0 Å². The third-order valence-electron chi connectivity index (χ3n) is 0.365. The van der Waals surface area contributed by atoms with Gasteiger partial charge in [0.25, 0.3) is 0 Å². The lowest BCUT2D eigenvalue weighted by atomic mass is 10.8. The van der Waals surface area contributed by atoms with Crippen LogP contribution in [0.15, 0.2) is 11.8 Å². The highest BCUT2D eigenvalue weighted by atomic mass is 28.3. The Labute approximate surface area is 37.9 Å². The Morgan fingerprint density at radius 2 is 2.17 bits per heavy atom. The van der Waals surface area contributed by atoms with Crippen molar-refractivity contribution in [2.75, 3.05) is 0 Å². The molecule has 0 bridgehead atoms. The molecule has 34 valence electrons. The second-order valence-electron chi connectivity index (χ2n) is 1.09. The summed E-state index contributed by atoms with van der Waals surface area (Å²) < 4.78 is 9.78. The summed E-state index contributed by atoms with van der Waals surface area (Å²) >= 11 is 0. The van der Waals surface area contributed by atoms with Crippen LogP contribution in [0.4, 0.5) is 0 Å². The van der Waals surface area contributed by atoms with Gasteiger partial charge in [-0.3, -0.25) is 0 Å². The van der Waals surface area contributed by atoms with Gasteiger partial charge in [-0.1, -0.05) is 6.58 Å². The number of hydrogen-bond acceptors (Lipinski definition) is 1. The predicted molar refractivity (Wildman–Crippen MR) is 23.5 cm³/mol. The summed E-state index contributed by atoms with van der Waals surface area (Å²) in [5.41, 5.74) is 0. The maximum atomic E-state index is 9.78. The lowest BCUT2D eigenvalue weighted by molar-refractivity contribution is 0.457. The van der Waals surface area contributed by atoms with Crippen LogP contribution in [0.3, 0.4) is 0 Å². The van der Waals surface area contributed by atoms with Gasteiger partial charge in [0.15, 0.2) is 0 Å². The Hall–Kier alpha value is -0.443. The van der Waals surface area contributed by atoms with Gasteiger partial charge in [-0.05, 0) is 6.92 Å². The Morgan fingerprint density at radius 1 is 2.00 bits per heavy atom.